The van der Waals surface area contributed by atoms with Crippen molar-refractivity contribution >= 4 is 43.8 Å². The number of benzene rings is 1. The Morgan fingerprint density at radius 1 is 1.17 bits per heavy atom. The summed E-state index contributed by atoms with van der Waals surface area (Å²) in [5.41, 5.74) is 1.18. The van der Waals surface area contributed by atoms with E-state index in [4.69, 9.17) is 0 Å². The molecule has 0 aliphatic carbocycles. The summed E-state index contributed by atoms with van der Waals surface area (Å²) in [6.45, 7) is 0. The van der Waals surface area contributed by atoms with Gasteiger partial charge in [-0.2, -0.15) is 11.3 Å². The summed E-state index contributed by atoms with van der Waals surface area (Å²) in [7, 11) is 0. The Morgan fingerprint density at radius 2 is 2.00 bits per heavy atom. The van der Waals surface area contributed by atoms with Crippen LogP contribution >= 0.6 is 27.3 Å². The first kappa shape index (κ1) is 11.6. The van der Waals surface area contributed by atoms with Crippen molar-refractivity contribution < 1.29 is 4.79 Å². The number of nitrogens with zero attached hydrogens (tertiary/aromatic N) is 1. The molecular formula is C14H8BrNOS. The summed E-state index contributed by atoms with van der Waals surface area (Å²) in [4.78, 5) is 16.7. The van der Waals surface area contributed by atoms with E-state index in [1.54, 1.807) is 6.20 Å². The molecule has 0 fully saturated rings. The lowest BCUT2D eigenvalue weighted by atomic mass is 10.0. The average molecular weight is 318 g/mol. The van der Waals surface area contributed by atoms with Crippen LogP contribution in [0.15, 0.2) is 51.8 Å². The second kappa shape index (κ2) is 4.63. The first-order valence-electron chi connectivity index (χ1n) is 5.37. The van der Waals surface area contributed by atoms with Gasteiger partial charge in [0.2, 0.25) is 5.78 Å². The Labute approximate surface area is 116 Å². The van der Waals surface area contributed by atoms with Gasteiger partial charge in [-0.15, -0.1) is 0 Å². The fourth-order valence-electron chi connectivity index (χ4n) is 1.87. The molecular weight excluding hydrogens is 310 g/mol. The van der Waals surface area contributed by atoms with Crippen LogP contribution in [0.25, 0.3) is 10.8 Å². The van der Waals surface area contributed by atoms with E-state index in [1.165, 1.54) is 11.3 Å². The summed E-state index contributed by atoms with van der Waals surface area (Å²) in [5.74, 6) is -0.0417. The third-order valence-electron chi connectivity index (χ3n) is 2.75. The Kier molecular flexibility index (Phi) is 2.97. The molecule has 0 saturated carbocycles. The minimum absolute atomic E-state index is 0.0417. The first-order valence-corrected chi connectivity index (χ1v) is 7.11. The van der Waals surface area contributed by atoms with Crippen molar-refractivity contribution in [1.29, 1.82) is 0 Å². The topological polar surface area (TPSA) is 30.0 Å². The molecule has 2 nitrogen and oxygen atoms in total. The maximum Gasteiger partial charge on any atom is 0.213 e. The van der Waals surface area contributed by atoms with Crippen LogP contribution in [0.3, 0.4) is 0 Å². The van der Waals surface area contributed by atoms with Crippen LogP contribution in [0, 0.1) is 0 Å². The second-order valence-corrected chi connectivity index (χ2v) is 5.44. The molecule has 0 aliphatic heterocycles. The monoisotopic (exact) mass is 317 g/mol. The molecule has 0 bridgehead atoms. The van der Waals surface area contributed by atoms with Crippen LogP contribution in [0.4, 0.5) is 0 Å². The lowest BCUT2D eigenvalue weighted by molar-refractivity contribution is 0.103. The number of hydrogen-bond donors (Lipinski definition) is 0. The minimum Gasteiger partial charge on any atom is -0.287 e. The van der Waals surface area contributed by atoms with Gasteiger partial charge >= 0.3 is 0 Å². The number of fused-ring (bicyclic) bond motifs is 1. The fraction of sp³-hybridized carbons (Fsp3) is 0. The largest absolute Gasteiger partial charge is 0.287 e. The number of halogens is 1. The third-order valence-corrected chi connectivity index (χ3v) is 4.45. The maximum absolute atomic E-state index is 12.5. The molecule has 0 amide bonds. The zero-order chi connectivity index (χ0) is 12.5. The quantitative estimate of drug-likeness (QED) is 0.660. The molecule has 88 valence electrons. The molecule has 0 unspecified atom stereocenters. The molecule has 3 rings (SSSR count). The predicted molar refractivity (Wildman–Crippen MR) is 77.2 cm³/mol. The average Bonchev–Trinajstić information content (AvgIpc) is 2.83. The van der Waals surface area contributed by atoms with Crippen LogP contribution < -0.4 is 0 Å². The van der Waals surface area contributed by atoms with Gasteiger partial charge in [0.05, 0.1) is 0 Å². The Hall–Kier alpha value is -1.52. The van der Waals surface area contributed by atoms with Crippen LogP contribution in [0.2, 0.25) is 0 Å². The van der Waals surface area contributed by atoms with E-state index in [2.05, 4.69) is 20.9 Å². The highest BCUT2D eigenvalue weighted by Crippen LogP contribution is 2.26. The van der Waals surface area contributed by atoms with Gasteiger partial charge in [0.25, 0.3) is 0 Å². The number of pyridine rings is 1. The van der Waals surface area contributed by atoms with Crippen molar-refractivity contribution in [1.82, 2.24) is 4.98 Å². The van der Waals surface area contributed by atoms with Gasteiger partial charge in [-0.05, 0) is 27.4 Å². The summed E-state index contributed by atoms with van der Waals surface area (Å²) < 4.78 is 0.826. The highest BCUT2D eigenvalue weighted by Gasteiger charge is 2.16. The van der Waals surface area contributed by atoms with Crippen LogP contribution in [-0.2, 0) is 0 Å². The molecule has 0 atom stereocenters. The molecule has 18 heavy (non-hydrogen) atoms. The number of carbonyl (C=O) groups excluding carboxylic acids is 1. The van der Waals surface area contributed by atoms with Crippen LogP contribution in [-0.4, -0.2) is 10.8 Å². The zero-order valence-electron chi connectivity index (χ0n) is 9.26. The predicted octanol–water partition coefficient (Wildman–Crippen LogP) is 4.29. The van der Waals surface area contributed by atoms with Gasteiger partial charge in [-0.3, -0.25) is 9.78 Å². The van der Waals surface area contributed by atoms with E-state index in [1.807, 2.05) is 41.1 Å². The van der Waals surface area contributed by atoms with Crippen molar-refractivity contribution in [3.63, 3.8) is 0 Å². The number of hydrogen-bond acceptors (Lipinski definition) is 3. The summed E-state index contributed by atoms with van der Waals surface area (Å²) in [6.07, 6.45) is 1.68. The SMILES string of the molecule is O=C(c1cscc1Br)c1nccc2ccccc12. The summed E-state index contributed by atoms with van der Waals surface area (Å²) >= 11 is 4.89. The molecule has 0 radical (unpaired) electrons. The van der Waals surface area contributed by atoms with Gasteiger partial charge in [-0.25, -0.2) is 0 Å². The summed E-state index contributed by atoms with van der Waals surface area (Å²) in [6, 6.07) is 9.70. The minimum atomic E-state index is -0.0417. The van der Waals surface area contributed by atoms with Crippen molar-refractivity contribution in [2.24, 2.45) is 0 Å². The molecule has 3 aromatic rings. The van der Waals surface area contributed by atoms with Gasteiger partial charge in [-0.1, -0.05) is 24.3 Å². The smallest absolute Gasteiger partial charge is 0.213 e. The third kappa shape index (κ3) is 1.87. The Bertz CT molecular complexity index is 730. The number of carbonyl (C=O) groups is 1. The molecule has 2 aromatic heterocycles. The lowest BCUT2D eigenvalue weighted by Gasteiger charge is -2.03. The molecule has 0 aliphatic rings. The van der Waals surface area contributed by atoms with Crippen molar-refractivity contribution in [2.75, 3.05) is 0 Å². The van der Waals surface area contributed by atoms with Crippen molar-refractivity contribution in [2.45, 2.75) is 0 Å². The lowest BCUT2D eigenvalue weighted by Crippen LogP contribution is -2.04. The van der Waals surface area contributed by atoms with Crippen LogP contribution in [0.5, 0.6) is 0 Å². The number of aromatic nitrogens is 1. The van der Waals surface area contributed by atoms with Gasteiger partial charge in [0, 0.05) is 32.4 Å². The van der Waals surface area contributed by atoms with Gasteiger partial charge in [0.15, 0.2) is 0 Å². The van der Waals surface area contributed by atoms with E-state index in [0.717, 1.165) is 15.2 Å². The molecule has 2 heterocycles. The van der Waals surface area contributed by atoms with Crippen molar-refractivity contribution in [3.8, 4) is 0 Å². The fourth-order valence-corrected chi connectivity index (χ4v) is 3.33. The standard InChI is InChI=1S/C14H8BrNOS/c15-12-8-18-7-11(12)14(17)13-10-4-2-1-3-9(10)5-6-16-13/h1-8H. The van der Waals surface area contributed by atoms with Gasteiger partial charge in [0.1, 0.15) is 5.69 Å². The molecule has 0 N–H and O–H groups in total. The first-order chi connectivity index (χ1) is 8.77. The Balaban J connectivity index is 2.21. The molecule has 4 heteroatoms. The van der Waals surface area contributed by atoms with Crippen LogP contribution in [0.1, 0.15) is 16.1 Å². The van der Waals surface area contributed by atoms with Gasteiger partial charge < -0.3 is 0 Å². The number of thiophene rings is 1. The maximum atomic E-state index is 12.5. The number of ketones is 1. The Morgan fingerprint density at radius 3 is 2.78 bits per heavy atom. The van der Waals surface area contributed by atoms with E-state index < -0.39 is 0 Å². The van der Waals surface area contributed by atoms with E-state index in [9.17, 15) is 4.79 Å². The van der Waals surface area contributed by atoms with E-state index in [0.29, 0.717) is 11.3 Å². The molecule has 0 spiro atoms. The van der Waals surface area contributed by atoms with E-state index in [-0.39, 0.29) is 5.78 Å². The normalized spacial score (nSPS) is 10.7. The second-order valence-electron chi connectivity index (χ2n) is 3.84. The number of rotatable bonds is 2. The summed E-state index contributed by atoms with van der Waals surface area (Å²) in [5, 5.41) is 5.67. The molecule has 0 saturated heterocycles. The highest BCUT2D eigenvalue weighted by atomic mass is 79.9. The zero-order valence-corrected chi connectivity index (χ0v) is 11.7. The highest BCUT2D eigenvalue weighted by molar-refractivity contribution is 9.10. The van der Waals surface area contributed by atoms with E-state index >= 15 is 0 Å². The van der Waals surface area contributed by atoms with Crippen molar-refractivity contribution in [3.05, 3.63) is 63.0 Å². The molecule has 1 aromatic carbocycles.